The van der Waals surface area contributed by atoms with Gasteiger partial charge in [0.15, 0.2) is 15.0 Å². The number of hydrogen-bond donors (Lipinski definition) is 0. The lowest BCUT2D eigenvalue weighted by Gasteiger charge is -2.24. The monoisotopic (exact) mass is 498 g/mol. The van der Waals surface area contributed by atoms with Crippen LogP contribution in [0.1, 0.15) is 10.4 Å². The van der Waals surface area contributed by atoms with Crippen LogP contribution in [-0.2, 0) is 9.84 Å². The summed E-state index contributed by atoms with van der Waals surface area (Å²) in [5.41, 5.74) is 1.39. The highest BCUT2D eigenvalue weighted by Gasteiger charge is 2.49. The number of fused-ring (bicyclic) bond motifs is 1. The standard InChI is InChI=1S/C18H15IN2O3S2/c19-13-7-4-8-14(9-13)21-15-10-26(23,24)11-16(15)25-18(21)20-17(22)12-5-2-1-3-6-12/h1-9,15-16H,10-11H2/t15-,16+/m1/s1. The van der Waals surface area contributed by atoms with E-state index in [0.717, 1.165) is 9.26 Å². The van der Waals surface area contributed by atoms with Crippen LogP contribution in [0.2, 0.25) is 0 Å². The zero-order chi connectivity index (χ0) is 18.3. The van der Waals surface area contributed by atoms with Crippen LogP contribution in [0.15, 0.2) is 59.6 Å². The molecule has 2 aliphatic rings. The summed E-state index contributed by atoms with van der Waals surface area (Å²) in [4.78, 5) is 18.8. The maximum Gasteiger partial charge on any atom is 0.279 e. The van der Waals surface area contributed by atoms with Gasteiger partial charge in [-0.3, -0.25) is 4.79 Å². The first-order chi connectivity index (χ1) is 12.4. The second-order valence-corrected chi connectivity index (χ2v) is 10.8. The number of halogens is 1. The molecule has 0 aliphatic carbocycles. The number of amides is 1. The maximum absolute atomic E-state index is 12.5. The van der Waals surface area contributed by atoms with E-state index in [2.05, 4.69) is 27.6 Å². The number of rotatable bonds is 2. The van der Waals surface area contributed by atoms with Crippen LogP contribution in [-0.4, -0.2) is 42.3 Å². The number of aliphatic imine (C=N–C) groups is 1. The van der Waals surface area contributed by atoms with Gasteiger partial charge in [-0.2, -0.15) is 4.99 Å². The number of nitrogens with zero attached hydrogens (tertiary/aromatic N) is 2. The maximum atomic E-state index is 12.5. The van der Waals surface area contributed by atoms with Crippen molar-refractivity contribution in [2.45, 2.75) is 11.3 Å². The van der Waals surface area contributed by atoms with Crippen LogP contribution in [0.5, 0.6) is 0 Å². The number of carbonyl (C=O) groups is 1. The van der Waals surface area contributed by atoms with Crippen molar-refractivity contribution in [2.24, 2.45) is 4.99 Å². The van der Waals surface area contributed by atoms with Gasteiger partial charge in [-0.1, -0.05) is 36.0 Å². The number of carbonyl (C=O) groups excluding carboxylic acids is 1. The molecule has 2 aromatic carbocycles. The zero-order valence-corrected chi connectivity index (χ0v) is 17.4. The molecule has 0 saturated carbocycles. The summed E-state index contributed by atoms with van der Waals surface area (Å²) in [5.74, 6) is -0.0951. The fourth-order valence-electron chi connectivity index (χ4n) is 3.22. The van der Waals surface area contributed by atoms with Gasteiger partial charge in [0.1, 0.15) is 0 Å². The van der Waals surface area contributed by atoms with E-state index < -0.39 is 9.84 Å². The van der Waals surface area contributed by atoms with Crippen LogP contribution in [0.3, 0.4) is 0 Å². The highest BCUT2D eigenvalue weighted by Crippen LogP contribution is 2.41. The molecule has 0 unspecified atom stereocenters. The third kappa shape index (κ3) is 3.54. The lowest BCUT2D eigenvalue weighted by atomic mass is 10.2. The van der Waals surface area contributed by atoms with Gasteiger partial charge in [0.2, 0.25) is 0 Å². The molecule has 2 aromatic rings. The molecule has 2 fully saturated rings. The van der Waals surface area contributed by atoms with E-state index in [9.17, 15) is 13.2 Å². The molecule has 1 amide bonds. The van der Waals surface area contributed by atoms with Gasteiger partial charge in [-0.25, -0.2) is 8.42 Å². The Labute approximate surface area is 169 Å². The number of sulfone groups is 1. The van der Waals surface area contributed by atoms with Crippen LogP contribution >= 0.6 is 34.4 Å². The fourth-order valence-corrected chi connectivity index (χ4v) is 7.66. The highest BCUT2D eigenvalue weighted by atomic mass is 127. The molecule has 8 heteroatoms. The fraction of sp³-hybridized carbons (Fsp3) is 0.222. The molecule has 2 atom stereocenters. The first-order valence-corrected chi connectivity index (χ1v) is 11.8. The molecule has 0 radical (unpaired) electrons. The lowest BCUT2D eigenvalue weighted by molar-refractivity contribution is 0.100. The molecule has 0 spiro atoms. The van der Waals surface area contributed by atoms with Crippen LogP contribution in [0, 0.1) is 3.57 Å². The van der Waals surface area contributed by atoms with Gasteiger partial charge in [-0.05, 0) is 52.9 Å². The van der Waals surface area contributed by atoms with Crippen LogP contribution in [0.4, 0.5) is 5.69 Å². The van der Waals surface area contributed by atoms with Crippen LogP contribution < -0.4 is 4.90 Å². The Kier molecular flexibility index (Phi) is 4.83. The Morgan fingerprint density at radius 2 is 1.88 bits per heavy atom. The minimum Gasteiger partial charge on any atom is -0.316 e. The lowest BCUT2D eigenvalue weighted by Crippen LogP contribution is -2.37. The van der Waals surface area contributed by atoms with E-state index in [-0.39, 0.29) is 28.7 Å². The number of anilines is 1. The van der Waals surface area contributed by atoms with Crippen molar-refractivity contribution in [1.29, 1.82) is 0 Å². The van der Waals surface area contributed by atoms with Gasteiger partial charge in [-0.15, -0.1) is 0 Å². The van der Waals surface area contributed by atoms with Crippen molar-refractivity contribution < 1.29 is 13.2 Å². The Balaban J connectivity index is 1.74. The second-order valence-electron chi connectivity index (χ2n) is 6.22. The molecule has 0 N–H and O–H groups in total. The molecule has 0 aromatic heterocycles. The van der Waals surface area contributed by atoms with Gasteiger partial charge in [0, 0.05) is 20.1 Å². The van der Waals surface area contributed by atoms with Crippen molar-refractivity contribution in [1.82, 2.24) is 0 Å². The van der Waals surface area contributed by atoms with Crippen molar-refractivity contribution in [3.05, 3.63) is 63.7 Å². The number of hydrogen-bond acceptors (Lipinski definition) is 4. The van der Waals surface area contributed by atoms with E-state index >= 15 is 0 Å². The zero-order valence-electron chi connectivity index (χ0n) is 13.6. The summed E-state index contributed by atoms with van der Waals surface area (Å²) in [6, 6.07) is 16.5. The topological polar surface area (TPSA) is 66.8 Å². The normalized spacial score (nSPS) is 25.4. The molecule has 4 rings (SSSR count). The minimum atomic E-state index is -3.06. The SMILES string of the molecule is O=C(N=C1S[C@H]2CS(=O)(=O)C[C@H]2N1c1cccc(I)c1)c1ccccc1. The van der Waals surface area contributed by atoms with Gasteiger partial charge >= 0.3 is 0 Å². The van der Waals surface area contributed by atoms with E-state index in [0.29, 0.717) is 10.7 Å². The van der Waals surface area contributed by atoms with E-state index in [1.165, 1.54) is 11.8 Å². The van der Waals surface area contributed by atoms with E-state index in [1.54, 1.807) is 24.3 Å². The predicted octanol–water partition coefficient (Wildman–Crippen LogP) is 3.21. The minimum absolute atomic E-state index is 0.0920. The molecular formula is C18H15IN2O3S2. The second kappa shape index (κ2) is 6.97. The van der Waals surface area contributed by atoms with E-state index in [4.69, 9.17) is 0 Å². The van der Waals surface area contributed by atoms with Crippen molar-refractivity contribution in [3.63, 3.8) is 0 Å². The van der Waals surface area contributed by atoms with Crippen LogP contribution in [0.25, 0.3) is 0 Å². The average molecular weight is 498 g/mol. The van der Waals surface area contributed by atoms with Crippen molar-refractivity contribution >= 4 is 61.0 Å². The van der Waals surface area contributed by atoms with Gasteiger partial charge in [0.05, 0.1) is 17.5 Å². The molecular weight excluding hydrogens is 483 g/mol. The van der Waals surface area contributed by atoms with E-state index in [1.807, 2.05) is 35.2 Å². The summed E-state index contributed by atoms with van der Waals surface area (Å²) < 4.78 is 25.2. The third-order valence-electron chi connectivity index (χ3n) is 4.37. The van der Waals surface area contributed by atoms with Crippen molar-refractivity contribution in [3.8, 4) is 0 Å². The summed E-state index contributed by atoms with van der Waals surface area (Å²) in [5, 5.41) is 0.478. The molecule has 2 aliphatic heterocycles. The summed E-state index contributed by atoms with van der Waals surface area (Å²) in [6.45, 7) is 0. The number of amidine groups is 1. The van der Waals surface area contributed by atoms with Crippen molar-refractivity contribution in [2.75, 3.05) is 16.4 Å². The summed E-state index contributed by atoms with van der Waals surface area (Å²) >= 11 is 3.61. The quantitative estimate of drug-likeness (QED) is 0.596. The average Bonchev–Trinajstić information content (AvgIpc) is 3.06. The summed E-state index contributed by atoms with van der Waals surface area (Å²) in [7, 11) is -3.06. The number of thioether (sulfide) groups is 1. The Hall–Kier alpha value is -1.39. The molecule has 2 heterocycles. The van der Waals surface area contributed by atoms with Gasteiger partial charge in [0.25, 0.3) is 5.91 Å². The molecule has 134 valence electrons. The molecule has 26 heavy (non-hydrogen) atoms. The molecule has 5 nitrogen and oxygen atoms in total. The number of benzene rings is 2. The third-order valence-corrected chi connectivity index (χ3v) is 8.25. The smallest absolute Gasteiger partial charge is 0.279 e. The molecule has 2 saturated heterocycles. The summed E-state index contributed by atoms with van der Waals surface area (Å²) in [6.07, 6.45) is 0. The predicted molar refractivity (Wildman–Crippen MR) is 114 cm³/mol. The first-order valence-electron chi connectivity index (χ1n) is 8.03. The molecule has 0 bridgehead atoms. The largest absolute Gasteiger partial charge is 0.316 e. The Bertz CT molecular complexity index is 993. The Morgan fingerprint density at radius 1 is 1.12 bits per heavy atom. The first kappa shape index (κ1) is 18.0. The highest BCUT2D eigenvalue weighted by molar-refractivity contribution is 14.1. The Morgan fingerprint density at radius 3 is 2.62 bits per heavy atom. The van der Waals surface area contributed by atoms with Gasteiger partial charge < -0.3 is 4.90 Å².